The Morgan fingerprint density at radius 1 is 1.40 bits per heavy atom. The first-order valence-corrected chi connectivity index (χ1v) is 7.36. The van der Waals surface area contributed by atoms with E-state index in [9.17, 15) is 9.59 Å². The van der Waals surface area contributed by atoms with E-state index in [2.05, 4.69) is 9.97 Å². The van der Waals surface area contributed by atoms with Crippen LogP contribution >= 0.6 is 12.4 Å². The van der Waals surface area contributed by atoms with Gasteiger partial charge in [-0.05, 0) is 19.1 Å². The van der Waals surface area contributed by atoms with Crippen LogP contribution in [-0.4, -0.2) is 36.1 Å². The van der Waals surface area contributed by atoms with E-state index < -0.39 is 12.0 Å². The number of aliphatic carboxylic acids is 1. The number of halogens is 1. The topological polar surface area (TPSA) is 116 Å². The fourth-order valence-corrected chi connectivity index (χ4v) is 2.67. The molecule has 3 N–H and O–H groups in total. The van der Waals surface area contributed by atoms with Crippen molar-refractivity contribution < 1.29 is 9.90 Å². The molecule has 0 saturated carbocycles. The Hall–Kier alpha value is -2.71. The number of pyridine rings is 1. The summed E-state index contributed by atoms with van der Waals surface area (Å²) < 4.78 is 3.22. The number of rotatable bonds is 4. The van der Waals surface area contributed by atoms with Crippen LogP contribution in [0.3, 0.4) is 0 Å². The van der Waals surface area contributed by atoms with Crippen molar-refractivity contribution in [2.24, 2.45) is 12.8 Å². The summed E-state index contributed by atoms with van der Waals surface area (Å²) in [5.74, 6) is -1.07. The van der Waals surface area contributed by atoms with Gasteiger partial charge >= 0.3 is 5.97 Å². The van der Waals surface area contributed by atoms with E-state index in [-0.39, 0.29) is 24.4 Å². The number of hydrogen-bond acceptors (Lipinski definition) is 5. The van der Waals surface area contributed by atoms with E-state index in [1.807, 2.05) is 6.92 Å². The molecular formula is C16H18ClN5O3. The molecule has 9 heteroatoms. The molecule has 132 valence electrons. The number of hydrogen-bond donors (Lipinski definition) is 2. The molecule has 0 aromatic carbocycles. The van der Waals surface area contributed by atoms with Gasteiger partial charge in [-0.25, -0.2) is 9.97 Å². The molecule has 0 radical (unpaired) electrons. The van der Waals surface area contributed by atoms with E-state index in [0.717, 1.165) is 0 Å². The number of aryl methyl sites for hydroxylation is 2. The number of carboxylic acid groups (broad SMARTS) is 1. The van der Waals surface area contributed by atoms with Crippen molar-refractivity contribution >= 4 is 24.0 Å². The first kappa shape index (κ1) is 18.6. The molecule has 0 aliphatic heterocycles. The third-order valence-electron chi connectivity index (χ3n) is 3.83. The van der Waals surface area contributed by atoms with Gasteiger partial charge in [0.2, 0.25) is 0 Å². The van der Waals surface area contributed by atoms with Crippen molar-refractivity contribution in [3.05, 3.63) is 52.5 Å². The summed E-state index contributed by atoms with van der Waals surface area (Å²) in [6.45, 7) is 1.81. The lowest BCUT2D eigenvalue weighted by Crippen LogP contribution is -2.32. The van der Waals surface area contributed by atoms with Crippen LogP contribution in [0.5, 0.6) is 0 Å². The second kappa shape index (κ2) is 7.04. The van der Waals surface area contributed by atoms with Crippen LogP contribution in [0.25, 0.3) is 16.9 Å². The predicted molar refractivity (Wildman–Crippen MR) is 95.0 cm³/mol. The number of imidazole rings is 1. The highest BCUT2D eigenvalue weighted by Crippen LogP contribution is 2.21. The molecule has 3 rings (SSSR count). The minimum atomic E-state index is -1.07. The molecule has 25 heavy (non-hydrogen) atoms. The van der Waals surface area contributed by atoms with Crippen LogP contribution in [0.1, 0.15) is 11.4 Å². The lowest BCUT2D eigenvalue weighted by Gasteiger charge is -2.12. The third-order valence-corrected chi connectivity index (χ3v) is 3.83. The fraction of sp³-hybridized carbons (Fsp3) is 0.250. The first-order valence-electron chi connectivity index (χ1n) is 7.36. The van der Waals surface area contributed by atoms with Crippen LogP contribution in [-0.2, 0) is 18.3 Å². The van der Waals surface area contributed by atoms with Gasteiger partial charge in [-0.3, -0.25) is 9.59 Å². The average molecular weight is 364 g/mol. The number of fused-ring (bicyclic) bond motifs is 1. The highest BCUT2D eigenvalue weighted by molar-refractivity contribution is 5.85. The summed E-state index contributed by atoms with van der Waals surface area (Å²) in [6, 6.07) is 2.47. The van der Waals surface area contributed by atoms with Crippen LogP contribution in [0.2, 0.25) is 0 Å². The molecule has 3 heterocycles. The normalized spacial score (nSPS) is 12.0. The van der Waals surface area contributed by atoms with Gasteiger partial charge in [-0.15, -0.1) is 12.4 Å². The van der Waals surface area contributed by atoms with Gasteiger partial charge in [-0.2, -0.15) is 0 Å². The van der Waals surface area contributed by atoms with Crippen molar-refractivity contribution in [3.63, 3.8) is 0 Å². The predicted octanol–water partition coefficient (Wildman–Crippen LogP) is 0.780. The zero-order chi connectivity index (χ0) is 17.4. The van der Waals surface area contributed by atoms with Crippen LogP contribution < -0.4 is 11.3 Å². The van der Waals surface area contributed by atoms with Crippen molar-refractivity contribution in [2.45, 2.75) is 19.4 Å². The highest BCUT2D eigenvalue weighted by Gasteiger charge is 2.18. The molecule has 0 saturated heterocycles. The second-order valence-electron chi connectivity index (χ2n) is 5.66. The van der Waals surface area contributed by atoms with Crippen LogP contribution in [0, 0.1) is 6.92 Å². The Kier molecular flexibility index (Phi) is 5.24. The zero-order valence-electron chi connectivity index (χ0n) is 13.7. The molecule has 8 nitrogen and oxygen atoms in total. The molecule has 1 unspecified atom stereocenters. The summed E-state index contributed by atoms with van der Waals surface area (Å²) in [5.41, 5.74) is 8.26. The number of nitrogens with two attached hydrogens (primary N) is 1. The molecule has 0 fully saturated rings. The van der Waals surface area contributed by atoms with Gasteiger partial charge in [0.05, 0.1) is 5.69 Å². The number of aromatic nitrogens is 4. The third kappa shape index (κ3) is 3.40. The molecule has 0 aliphatic carbocycles. The van der Waals surface area contributed by atoms with Gasteiger partial charge in [-0.1, -0.05) is 0 Å². The molecular weight excluding hydrogens is 346 g/mol. The van der Waals surface area contributed by atoms with E-state index in [4.69, 9.17) is 10.8 Å². The summed E-state index contributed by atoms with van der Waals surface area (Å²) in [7, 11) is 1.67. The average Bonchev–Trinajstić information content (AvgIpc) is 3.01. The molecule has 3 aromatic rings. The van der Waals surface area contributed by atoms with E-state index in [0.29, 0.717) is 28.3 Å². The monoisotopic (exact) mass is 363 g/mol. The van der Waals surface area contributed by atoms with Crippen molar-refractivity contribution in [2.75, 3.05) is 0 Å². The summed E-state index contributed by atoms with van der Waals surface area (Å²) in [5, 5.41) is 8.99. The van der Waals surface area contributed by atoms with E-state index in [1.165, 1.54) is 4.57 Å². The Balaban J connectivity index is 0.00000225. The molecule has 0 aliphatic rings. The highest BCUT2D eigenvalue weighted by atomic mass is 35.5. The van der Waals surface area contributed by atoms with Gasteiger partial charge in [0, 0.05) is 43.3 Å². The summed E-state index contributed by atoms with van der Waals surface area (Å²) in [6.07, 6.45) is 5.12. The van der Waals surface area contributed by atoms with Gasteiger partial charge in [0.25, 0.3) is 5.56 Å². The van der Waals surface area contributed by atoms with Gasteiger partial charge in [0.1, 0.15) is 17.4 Å². The van der Waals surface area contributed by atoms with Crippen molar-refractivity contribution in [1.82, 2.24) is 18.9 Å². The Labute approximate surface area is 149 Å². The minimum Gasteiger partial charge on any atom is -0.480 e. The second-order valence-corrected chi connectivity index (χ2v) is 5.66. The van der Waals surface area contributed by atoms with E-state index in [1.54, 1.807) is 42.2 Å². The SMILES string of the molecule is Cc1cn(C)c(=O)c(-c2ccc(CC(N)C(=O)O)n3ccnc23)n1.Cl. The lowest BCUT2D eigenvalue weighted by molar-refractivity contribution is -0.138. The van der Waals surface area contributed by atoms with Crippen molar-refractivity contribution in [3.8, 4) is 11.3 Å². The van der Waals surface area contributed by atoms with Gasteiger partial charge in [0.15, 0.2) is 0 Å². The molecule has 0 bridgehead atoms. The number of nitrogens with zero attached hydrogens (tertiary/aromatic N) is 4. The first-order chi connectivity index (χ1) is 11.4. The van der Waals surface area contributed by atoms with Crippen molar-refractivity contribution in [1.29, 1.82) is 0 Å². The smallest absolute Gasteiger partial charge is 0.320 e. The maximum atomic E-state index is 12.4. The minimum absolute atomic E-state index is 0. The maximum Gasteiger partial charge on any atom is 0.320 e. The molecule has 1 atom stereocenters. The van der Waals surface area contributed by atoms with Crippen LogP contribution in [0.15, 0.2) is 35.5 Å². The Bertz CT molecular complexity index is 995. The quantitative estimate of drug-likeness (QED) is 0.707. The maximum absolute atomic E-state index is 12.4. The number of carboxylic acids is 1. The standard InChI is InChI=1S/C16H17N5O3.ClH/c1-9-8-20(2)15(22)13(19-9)11-4-3-10(7-12(17)16(23)24)21-6-5-18-14(11)21;/h3-6,8,12H,7,17H2,1-2H3,(H,23,24);1H. The summed E-state index contributed by atoms with van der Waals surface area (Å²) in [4.78, 5) is 32.0. The number of carbonyl (C=O) groups is 1. The fourth-order valence-electron chi connectivity index (χ4n) is 2.67. The largest absolute Gasteiger partial charge is 0.480 e. The Morgan fingerprint density at radius 3 is 2.80 bits per heavy atom. The lowest BCUT2D eigenvalue weighted by atomic mass is 10.1. The molecule has 0 amide bonds. The molecule has 0 spiro atoms. The zero-order valence-corrected chi connectivity index (χ0v) is 14.5. The van der Waals surface area contributed by atoms with Gasteiger partial charge < -0.3 is 19.8 Å². The van der Waals surface area contributed by atoms with Crippen LogP contribution in [0.4, 0.5) is 0 Å². The van der Waals surface area contributed by atoms with E-state index >= 15 is 0 Å². The molecule has 3 aromatic heterocycles. The Morgan fingerprint density at radius 2 is 2.12 bits per heavy atom. The summed E-state index contributed by atoms with van der Waals surface area (Å²) >= 11 is 0.